The van der Waals surface area contributed by atoms with Gasteiger partial charge in [-0.05, 0) is 43.2 Å². The molecule has 2 N–H and O–H groups in total. The molecule has 1 unspecified atom stereocenters. The fraction of sp³-hybridized carbons (Fsp3) is 0.353. The molecule has 1 aromatic carbocycles. The molecular formula is C17H20N4O3. The van der Waals surface area contributed by atoms with Gasteiger partial charge in [-0.25, -0.2) is 0 Å². The van der Waals surface area contributed by atoms with Crippen molar-refractivity contribution in [3.63, 3.8) is 0 Å². The largest absolute Gasteiger partial charge is 0.454 e. The Morgan fingerprint density at radius 2 is 2.04 bits per heavy atom. The highest BCUT2D eigenvalue weighted by atomic mass is 16.7. The minimum atomic E-state index is -0.209. The number of ether oxygens (including phenoxy) is 2. The smallest absolute Gasteiger partial charge is 0.272 e. The van der Waals surface area contributed by atoms with Crippen LogP contribution in [0.1, 0.15) is 36.3 Å². The molecule has 0 aliphatic carbocycles. The van der Waals surface area contributed by atoms with Crippen molar-refractivity contribution in [2.45, 2.75) is 32.9 Å². The molecule has 0 bridgehead atoms. The van der Waals surface area contributed by atoms with E-state index in [2.05, 4.69) is 20.8 Å². The minimum Gasteiger partial charge on any atom is -0.454 e. The topological polar surface area (TPSA) is 85.4 Å². The van der Waals surface area contributed by atoms with E-state index in [9.17, 15) is 4.79 Å². The molecule has 3 rings (SSSR count). The van der Waals surface area contributed by atoms with E-state index < -0.39 is 0 Å². The Morgan fingerprint density at radius 1 is 1.21 bits per heavy atom. The van der Waals surface area contributed by atoms with Crippen LogP contribution in [0.5, 0.6) is 11.5 Å². The lowest BCUT2D eigenvalue weighted by Crippen LogP contribution is -2.32. The van der Waals surface area contributed by atoms with Crippen molar-refractivity contribution in [2.24, 2.45) is 0 Å². The molecule has 1 aliphatic rings. The van der Waals surface area contributed by atoms with Crippen LogP contribution in [0.3, 0.4) is 0 Å². The van der Waals surface area contributed by atoms with Gasteiger partial charge in [0.15, 0.2) is 17.2 Å². The number of anilines is 1. The number of hydrogen-bond acceptors (Lipinski definition) is 6. The highest BCUT2D eigenvalue weighted by molar-refractivity contribution is 5.92. The van der Waals surface area contributed by atoms with Gasteiger partial charge < -0.3 is 20.1 Å². The second-order valence-corrected chi connectivity index (χ2v) is 5.63. The van der Waals surface area contributed by atoms with Gasteiger partial charge in [-0.1, -0.05) is 13.0 Å². The number of benzene rings is 1. The van der Waals surface area contributed by atoms with Crippen LogP contribution in [0.2, 0.25) is 0 Å². The number of carbonyl (C=O) groups excluding carboxylic acids is 1. The monoisotopic (exact) mass is 328 g/mol. The van der Waals surface area contributed by atoms with Gasteiger partial charge in [0.2, 0.25) is 6.79 Å². The summed E-state index contributed by atoms with van der Waals surface area (Å²) in [5, 5.41) is 14.0. The Balaban J connectivity index is 1.57. The molecule has 1 aliphatic heterocycles. The molecule has 1 amide bonds. The number of fused-ring (bicyclic) bond motifs is 1. The molecule has 1 aromatic heterocycles. The van der Waals surface area contributed by atoms with Gasteiger partial charge in [0.1, 0.15) is 5.82 Å². The second kappa shape index (κ2) is 7.16. The molecule has 24 heavy (non-hydrogen) atoms. The zero-order valence-corrected chi connectivity index (χ0v) is 13.7. The van der Waals surface area contributed by atoms with Crippen molar-refractivity contribution in [1.82, 2.24) is 15.5 Å². The van der Waals surface area contributed by atoms with E-state index in [1.165, 1.54) is 0 Å². The summed E-state index contributed by atoms with van der Waals surface area (Å²) in [6, 6.07) is 9.28. The Morgan fingerprint density at radius 3 is 2.79 bits per heavy atom. The lowest BCUT2D eigenvalue weighted by molar-refractivity contribution is 0.0933. The summed E-state index contributed by atoms with van der Waals surface area (Å²) < 4.78 is 10.6. The molecule has 2 aromatic rings. The summed E-state index contributed by atoms with van der Waals surface area (Å²) in [5.74, 6) is 1.90. The fourth-order valence-electron chi connectivity index (χ4n) is 2.19. The molecule has 1 atom stereocenters. The van der Waals surface area contributed by atoms with E-state index in [0.29, 0.717) is 18.1 Å². The third kappa shape index (κ3) is 3.73. The van der Waals surface area contributed by atoms with E-state index >= 15 is 0 Å². The number of nitrogens with one attached hydrogen (secondary N) is 2. The lowest BCUT2D eigenvalue weighted by Gasteiger charge is -2.10. The first kappa shape index (κ1) is 16.0. The highest BCUT2D eigenvalue weighted by Gasteiger charge is 2.13. The summed E-state index contributed by atoms with van der Waals surface area (Å²) in [4.78, 5) is 12.0. The van der Waals surface area contributed by atoms with Crippen LogP contribution >= 0.6 is 0 Å². The Hall–Kier alpha value is -2.83. The van der Waals surface area contributed by atoms with Crippen molar-refractivity contribution in [3.8, 4) is 11.5 Å². The second-order valence-electron chi connectivity index (χ2n) is 5.63. The maximum Gasteiger partial charge on any atom is 0.272 e. The SMILES string of the molecule is CCC(C)NC(=O)c1ccc(NCc2ccc3c(c2)OCO3)nn1. The molecule has 126 valence electrons. The molecule has 0 radical (unpaired) electrons. The summed E-state index contributed by atoms with van der Waals surface area (Å²) in [6.45, 7) is 4.80. The van der Waals surface area contributed by atoms with Crippen LogP contribution in [0, 0.1) is 0 Å². The number of rotatable bonds is 6. The minimum absolute atomic E-state index is 0.114. The van der Waals surface area contributed by atoms with Crippen molar-refractivity contribution in [2.75, 3.05) is 12.1 Å². The average molecular weight is 328 g/mol. The summed E-state index contributed by atoms with van der Waals surface area (Å²) in [7, 11) is 0. The molecule has 0 spiro atoms. The fourth-order valence-corrected chi connectivity index (χ4v) is 2.19. The molecule has 7 nitrogen and oxygen atoms in total. The Kier molecular flexibility index (Phi) is 4.79. The van der Waals surface area contributed by atoms with Crippen LogP contribution in [0.15, 0.2) is 30.3 Å². The van der Waals surface area contributed by atoms with Gasteiger partial charge in [0.25, 0.3) is 5.91 Å². The standard InChI is InChI=1S/C17H20N4O3/c1-3-11(2)19-17(22)13-5-7-16(21-20-13)18-9-12-4-6-14-15(8-12)24-10-23-14/h4-8,11H,3,9-10H2,1-2H3,(H,18,21)(H,19,22). The van der Waals surface area contributed by atoms with Crippen LogP contribution in [-0.2, 0) is 6.54 Å². The normalized spacial score (nSPS) is 13.4. The van der Waals surface area contributed by atoms with Gasteiger partial charge >= 0.3 is 0 Å². The maximum atomic E-state index is 12.0. The van der Waals surface area contributed by atoms with Crippen molar-refractivity contribution in [3.05, 3.63) is 41.6 Å². The molecule has 7 heteroatoms. The van der Waals surface area contributed by atoms with Crippen molar-refractivity contribution < 1.29 is 14.3 Å². The first-order valence-electron chi connectivity index (χ1n) is 7.92. The quantitative estimate of drug-likeness (QED) is 0.846. The van der Waals surface area contributed by atoms with Crippen LogP contribution in [0.25, 0.3) is 0 Å². The van der Waals surface area contributed by atoms with Gasteiger partial charge in [0.05, 0.1) is 0 Å². The summed E-state index contributed by atoms with van der Waals surface area (Å²) in [6.07, 6.45) is 0.869. The van der Waals surface area contributed by atoms with Crippen molar-refractivity contribution >= 4 is 11.7 Å². The van der Waals surface area contributed by atoms with Gasteiger partial charge in [-0.2, -0.15) is 0 Å². The Bertz CT molecular complexity index is 718. The highest BCUT2D eigenvalue weighted by Crippen LogP contribution is 2.32. The van der Waals surface area contributed by atoms with E-state index in [0.717, 1.165) is 23.5 Å². The average Bonchev–Trinajstić information content (AvgIpc) is 3.08. The number of hydrogen-bond donors (Lipinski definition) is 2. The third-order valence-electron chi connectivity index (χ3n) is 3.80. The number of aromatic nitrogens is 2. The predicted octanol–water partition coefficient (Wildman–Crippen LogP) is 2.35. The van der Waals surface area contributed by atoms with E-state index in [4.69, 9.17) is 9.47 Å². The Labute approximate surface area is 140 Å². The summed E-state index contributed by atoms with van der Waals surface area (Å²) in [5.41, 5.74) is 1.35. The number of carbonyl (C=O) groups is 1. The number of amides is 1. The van der Waals surface area contributed by atoms with Crippen LogP contribution in [0.4, 0.5) is 5.82 Å². The number of nitrogens with zero attached hydrogens (tertiary/aromatic N) is 2. The first-order valence-corrected chi connectivity index (χ1v) is 7.92. The zero-order valence-electron chi connectivity index (χ0n) is 13.7. The molecular weight excluding hydrogens is 308 g/mol. The first-order chi connectivity index (χ1) is 11.7. The molecule has 0 saturated heterocycles. The van der Waals surface area contributed by atoms with E-state index in [1.807, 2.05) is 32.0 Å². The molecule has 0 saturated carbocycles. The zero-order chi connectivity index (χ0) is 16.9. The van der Waals surface area contributed by atoms with Crippen LogP contribution < -0.4 is 20.1 Å². The van der Waals surface area contributed by atoms with E-state index in [1.54, 1.807) is 12.1 Å². The summed E-state index contributed by atoms with van der Waals surface area (Å²) >= 11 is 0. The van der Waals surface area contributed by atoms with Crippen LogP contribution in [-0.4, -0.2) is 28.9 Å². The van der Waals surface area contributed by atoms with Crippen molar-refractivity contribution in [1.29, 1.82) is 0 Å². The van der Waals surface area contributed by atoms with Gasteiger partial charge in [0, 0.05) is 12.6 Å². The molecule has 0 fully saturated rings. The van der Waals surface area contributed by atoms with Gasteiger partial charge in [-0.3, -0.25) is 4.79 Å². The predicted molar refractivity (Wildman–Crippen MR) is 89.1 cm³/mol. The molecule has 2 heterocycles. The third-order valence-corrected chi connectivity index (χ3v) is 3.80. The van der Waals surface area contributed by atoms with Gasteiger partial charge in [-0.15, -0.1) is 10.2 Å². The lowest BCUT2D eigenvalue weighted by atomic mass is 10.2. The maximum absolute atomic E-state index is 12.0. The van der Waals surface area contributed by atoms with E-state index in [-0.39, 0.29) is 18.7 Å².